The molecular weight excluding hydrogens is 268 g/mol. The molecule has 4 amide bonds. The number of amides is 4. The topological polar surface area (TPSA) is 66.5 Å². The smallest absolute Gasteiger partial charge is 0.277 e. The van der Waals surface area contributed by atoms with Crippen molar-refractivity contribution in [1.29, 1.82) is 0 Å². The van der Waals surface area contributed by atoms with E-state index in [0.29, 0.717) is 19.3 Å². The molecule has 21 heavy (non-hydrogen) atoms. The zero-order valence-electron chi connectivity index (χ0n) is 12.5. The fourth-order valence-corrected chi connectivity index (χ4v) is 3.31. The van der Waals surface area contributed by atoms with Crippen LogP contribution in [0.5, 0.6) is 0 Å². The molecule has 1 aliphatic carbocycles. The molecule has 2 rings (SSSR count). The van der Waals surface area contributed by atoms with Gasteiger partial charge in [-0.05, 0) is 19.3 Å². The van der Waals surface area contributed by atoms with Crippen LogP contribution in [0.4, 0.5) is 4.79 Å². The highest BCUT2D eigenvalue weighted by Crippen LogP contribution is 2.39. The molecule has 0 aromatic carbocycles. The number of hydrogen-bond acceptors (Lipinski definition) is 3. The molecule has 5 nitrogen and oxygen atoms in total. The first-order valence-electron chi connectivity index (χ1n) is 7.72. The molecule has 2 aliphatic rings. The summed E-state index contributed by atoms with van der Waals surface area (Å²) in [6.45, 7) is 1.95. The van der Waals surface area contributed by atoms with Crippen LogP contribution < -0.4 is 5.32 Å². The molecule has 0 bridgehead atoms. The van der Waals surface area contributed by atoms with Gasteiger partial charge in [-0.2, -0.15) is 0 Å². The van der Waals surface area contributed by atoms with Gasteiger partial charge >= 0.3 is 6.03 Å². The number of carbonyl (C=O) groups is 3. The molecule has 2 fully saturated rings. The molecular formula is C16H22N2O3. The predicted octanol–water partition coefficient (Wildman–Crippen LogP) is 2.21. The number of hydrogen-bond donors (Lipinski definition) is 1. The maximum atomic E-state index is 12.9. The van der Waals surface area contributed by atoms with Gasteiger partial charge in [-0.15, -0.1) is 6.42 Å². The summed E-state index contributed by atoms with van der Waals surface area (Å²) in [5, 5.41) is 2.35. The molecule has 1 saturated carbocycles. The lowest BCUT2D eigenvalue weighted by Gasteiger charge is -2.40. The summed E-state index contributed by atoms with van der Waals surface area (Å²) < 4.78 is 0. The second-order valence-electron chi connectivity index (χ2n) is 5.90. The molecule has 1 spiro atoms. The van der Waals surface area contributed by atoms with E-state index >= 15 is 0 Å². The van der Waals surface area contributed by atoms with Gasteiger partial charge in [0.1, 0.15) is 11.5 Å². The van der Waals surface area contributed by atoms with E-state index in [1.54, 1.807) is 0 Å². The van der Waals surface area contributed by atoms with Gasteiger partial charge in [-0.3, -0.25) is 14.9 Å². The average Bonchev–Trinajstić information content (AvgIpc) is 2.71. The van der Waals surface area contributed by atoms with Crippen LogP contribution in [0.2, 0.25) is 0 Å². The zero-order chi connectivity index (χ0) is 15.5. The number of terminal acetylenes is 1. The van der Waals surface area contributed by atoms with Crippen molar-refractivity contribution in [1.82, 2.24) is 10.2 Å². The van der Waals surface area contributed by atoms with Gasteiger partial charge in [0.25, 0.3) is 0 Å². The lowest BCUT2D eigenvalue weighted by Crippen LogP contribution is -2.65. The molecule has 1 unspecified atom stereocenters. The molecule has 1 atom stereocenters. The third kappa shape index (κ3) is 2.67. The molecule has 1 heterocycles. The molecule has 1 aliphatic heterocycles. The second-order valence-corrected chi connectivity index (χ2v) is 5.90. The quantitative estimate of drug-likeness (QED) is 0.640. The molecule has 1 N–H and O–H groups in total. The maximum Gasteiger partial charge on any atom is 0.331 e. The Bertz CT molecular complexity index is 484. The van der Waals surface area contributed by atoms with E-state index in [4.69, 9.17) is 6.42 Å². The van der Waals surface area contributed by atoms with E-state index < -0.39 is 29.3 Å². The summed E-state index contributed by atoms with van der Waals surface area (Å²) in [6.07, 6.45) is 11.5. The summed E-state index contributed by atoms with van der Waals surface area (Å²) in [4.78, 5) is 38.4. The highest BCUT2D eigenvalue weighted by molar-refractivity contribution is 6.19. The number of carbonyl (C=O) groups excluding carboxylic acids is 3. The molecule has 0 aromatic rings. The van der Waals surface area contributed by atoms with Gasteiger partial charge in [-0.1, -0.05) is 44.9 Å². The molecule has 0 radical (unpaired) electrons. The first kappa shape index (κ1) is 15.6. The summed E-state index contributed by atoms with van der Waals surface area (Å²) >= 11 is 0. The van der Waals surface area contributed by atoms with Crippen LogP contribution in [0.15, 0.2) is 0 Å². The Hall–Kier alpha value is -1.83. The van der Waals surface area contributed by atoms with Gasteiger partial charge in [0.15, 0.2) is 0 Å². The Balaban J connectivity index is 2.35. The van der Waals surface area contributed by atoms with E-state index in [-0.39, 0.29) is 0 Å². The van der Waals surface area contributed by atoms with Crippen LogP contribution in [0.25, 0.3) is 0 Å². The minimum Gasteiger partial charge on any atom is -0.277 e. The van der Waals surface area contributed by atoms with Crippen LogP contribution in [0.1, 0.15) is 58.3 Å². The summed E-state index contributed by atoms with van der Waals surface area (Å²) in [7, 11) is 0. The average molecular weight is 290 g/mol. The van der Waals surface area contributed by atoms with Crippen molar-refractivity contribution >= 4 is 17.8 Å². The summed E-state index contributed by atoms with van der Waals surface area (Å²) in [5.74, 6) is 1.68. The molecule has 0 aromatic heterocycles. The monoisotopic (exact) mass is 290 g/mol. The van der Waals surface area contributed by atoms with Crippen LogP contribution in [-0.4, -0.2) is 28.8 Å². The highest BCUT2D eigenvalue weighted by atomic mass is 16.2. The number of nitrogens with zero attached hydrogens (tertiary/aromatic N) is 1. The van der Waals surface area contributed by atoms with Crippen LogP contribution in [0, 0.1) is 17.8 Å². The SMILES string of the molecule is C#CC(CCC)N1C(=O)NC(=O)C2(CCCCCC2)C1=O. The van der Waals surface area contributed by atoms with Gasteiger partial charge in [-0.25, -0.2) is 9.69 Å². The number of barbiturate groups is 1. The minimum absolute atomic E-state index is 0.394. The van der Waals surface area contributed by atoms with Gasteiger partial charge < -0.3 is 0 Å². The Morgan fingerprint density at radius 1 is 1.24 bits per heavy atom. The van der Waals surface area contributed by atoms with Crippen molar-refractivity contribution < 1.29 is 14.4 Å². The van der Waals surface area contributed by atoms with E-state index in [9.17, 15) is 14.4 Å². The van der Waals surface area contributed by atoms with E-state index in [1.165, 1.54) is 0 Å². The molecule has 114 valence electrons. The van der Waals surface area contributed by atoms with E-state index in [1.807, 2.05) is 6.92 Å². The maximum absolute atomic E-state index is 12.9. The van der Waals surface area contributed by atoms with Crippen LogP contribution >= 0.6 is 0 Å². The van der Waals surface area contributed by atoms with E-state index in [2.05, 4.69) is 11.2 Å². The van der Waals surface area contributed by atoms with Crippen molar-refractivity contribution in [3.05, 3.63) is 0 Å². The summed E-state index contributed by atoms with van der Waals surface area (Å²) in [5.41, 5.74) is -1.09. The van der Waals surface area contributed by atoms with Crippen LogP contribution in [-0.2, 0) is 9.59 Å². The number of nitrogens with one attached hydrogen (secondary N) is 1. The molecule has 5 heteroatoms. The fourth-order valence-electron chi connectivity index (χ4n) is 3.31. The van der Waals surface area contributed by atoms with E-state index in [0.717, 1.165) is 37.0 Å². The lowest BCUT2D eigenvalue weighted by atomic mass is 9.76. The Labute approximate surface area is 125 Å². The second kappa shape index (κ2) is 6.30. The minimum atomic E-state index is -1.09. The number of rotatable bonds is 3. The first-order valence-corrected chi connectivity index (χ1v) is 7.72. The predicted molar refractivity (Wildman–Crippen MR) is 78.0 cm³/mol. The zero-order valence-corrected chi connectivity index (χ0v) is 12.5. The Morgan fingerprint density at radius 3 is 2.38 bits per heavy atom. The third-order valence-electron chi connectivity index (χ3n) is 4.53. The third-order valence-corrected chi connectivity index (χ3v) is 4.53. The van der Waals surface area contributed by atoms with Gasteiger partial charge in [0.05, 0.1) is 0 Å². The Morgan fingerprint density at radius 2 is 1.86 bits per heavy atom. The van der Waals surface area contributed by atoms with Crippen molar-refractivity contribution in [3.63, 3.8) is 0 Å². The number of urea groups is 1. The van der Waals surface area contributed by atoms with Gasteiger partial charge in [0.2, 0.25) is 11.8 Å². The number of imide groups is 2. The van der Waals surface area contributed by atoms with Crippen molar-refractivity contribution in [2.75, 3.05) is 0 Å². The lowest BCUT2D eigenvalue weighted by molar-refractivity contribution is -0.153. The highest BCUT2D eigenvalue weighted by Gasteiger charge is 2.54. The molecule has 1 saturated heterocycles. The standard InChI is InChI=1S/C16H22N2O3/c1-3-9-12(4-2)18-14(20)16(13(19)17-15(18)21)10-7-5-6-8-11-16/h2,12H,3,5-11H2,1H3,(H,17,19,21). The first-order chi connectivity index (χ1) is 10.1. The van der Waals surface area contributed by atoms with Crippen LogP contribution in [0.3, 0.4) is 0 Å². The largest absolute Gasteiger partial charge is 0.331 e. The summed E-state index contributed by atoms with van der Waals surface area (Å²) in [6, 6.07) is -1.24. The normalized spacial score (nSPS) is 23.4. The fraction of sp³-hybridized carbons (Fsp3) is 0.688. The van der Waals surface area contributed by atoms with Crippen molar-refractivity contribution in [2.24, 2.45) is 5.41 Å². The van der Waals surface area contributed by atoms with Crippen molar-refractivity contribution in [2.45, 2.75) is 64.3 Å². The van der Waals surface area contributed by atoms with Crippen molar-refractivity contribution in [3.8, 4) is 12.3 Å². The van der Waals surface area contributed by atoms with Gasteiger partial charge in [0, 0.05) is 0 Å². The Kier molecular flexibility index (Phi) is 4.66.